The molecule has 0 radical (unpaired) electrons. The van der Waals surface area contributed by atoms with Gasteiger partial charge in [0, 0.05) is 17.8 Å². The minimum absolute atomic E-state index is 0.111. The first-order valence-electron chi connectivity index (χ1n) is 7.88. The van der Waals surface area contributed by atoms with Gasteiger partial charge in [-0.1, -0.05) is 27.7 Å². The molecule has 0 aliphatic heterocycles. The average Bonchev–Trinajstić information content (AvgIpc) is 2.96. The first-order chi connectivity index (χ1) is 11.0. The quantitative estimate of drug-likeness (QED) is 0.800. The smallest absolute Gasteiger partial charge is 0.178 e. The van der Waals surface area contributed by atoms with E-state index in [0.29, 0.717) is 0 Å². The Morgan fingerprint density at radius 3 is 2.48 bits per heavy atom. The Morgan fingerprint density at radius 2 is 1.83 bits per heavy atom. The van der Waals surface area contributed by atoms with Crippen LogP contribution in [0.5, 0.6) is 0 Å². The van der Waals surface area contributed by atoms with Crippen molar-refractivity contribution in [1.29, 1.82) is 0 Å². The molecule has 0 aromatic carbocycles. The molecule has 3 rings (SSSR count). The van der Waals surface area contributed by atoms with Crippen LogP contribution in [0.1, 0.15) is 51.5 Å². The number of rotatable bonds is 4. The number of fused-ring (bicyclic) bond motifs is 1. The van der Waals surface area contributed by atoms with E-state index in [9.17, 15) is 0 Å². The number of hydrogen-bond donors (Lipinski definition) is 1. The summed E-state index contributed by atoms with van der Waals surface area (Å²) in [6, 6.07) is 8.13. The lowest BCUT2D eigenvalue weighted by atomic mass is 9.96. The van der Waals surface area contributed by atoms with Gasteiger partial charge in [0.2, 0.25) is 0 Å². The zero-order valence-electron chi connectivity index (χ0n) is 14.0. The third-order valence-corrected chi connectivity index (χ3v) is 3.77. The van der Waals surface area contributed by atoms with Gasteiger partial charge in [-0.25, -0.2) is 0 Å². The van der Waals surface area contributed by atoms with Crippen LogP contribution in [0.15, 0.2) is 36.7 Å². The fourth-order valence-corrected chi connectivity index (χ4v) is 2.53. The van der Waals surface area contributed by atoms with Gasteiger partial charge in [0.15, 0.2) is 11.5 Å². The molecule has 0 saturated carbocycles. The minimum atomic E-state index is -0.111. The van der Waals surface area contributed by atoms with Gasteiger partial charge in [-0.2, -0.15) is 4.52 Å². The summed E-state index contributed by atoms with van der Waals surface area (Å²) in [5.74, 6) is 1.67. The summed E-state index contributed by atoms with van der Waals surface area (Å²) in [7, 11) is 0. The van der Waals surface area contributed by atoms with Crippen molar-refractivity contribution < 1.29 is 0 Å². The summed E-state index contributed by atoms with van der Waals surface area (Å²) < 4.78 is 1.82. The Labute approximate surface area is 136 Å². The summed E-state index contributed by atoms with van der Waals surface area (Å²) in [4.78, 5) is 4.08. The van der Waals surface area contributed by atoms with Crippen molar-refractivity contribution in [1.82, 2.24) is 24.8 Å². The number of anilines is 1. The second-order valence-corrected chi connectivity index (χ2v) is 6.65. The fourth-order valence-electron chi connectivity index (χ4n) is 2.53. The van der Waals surface area contributed by atoms with Crippen molar-refractivity contribution in [3.8, 4) is 0 Å². The van der Waals surface area contributed by atoms with Crippen LogP contribution in [0.3, 0.4) is 0 Å². The van der Waals surface area contributed by atoms with Gasteiger partial charge in [-0.05, 0) is 36.2 Å². The van der Waals surface area contributed by atoms with Crippen LogP contribution in [0.4, 0.5) is 5.82 Å². The first kappa shape index (κ1) is 15.4. The van der Waals surface area contributed by atoms with Gasteiger partial charge in [-0.3, -0.25) is 4.98 Å². The number of nitrogens with one attached hydrogen (secondary N) is 1. The molecule has 6 nitrogen and oxygen atoms in total. The molecule has 1 unspecified atom stereocenters. The van der Waals surface area contributed by atoms with E-state index in [0.717, 1.165) is 23.7 Å². The number of hydrogen-bond acceptors (Lipinski definition) is 5. The van der Waals surface area contributed by atoms with E-state index in [4.69, 9.17) is 0 Å². The molecule has 0 saturated heterocycles. The first-order valence-corrected chi connectivity index (χ1v) is 7.88. The predicted octanol–water partition coefficient (Wildman–Crippen LogP) is 3.38. The van der Waals surface area contributed by atoms with Gasteiger partial charge in [-0.15, -0.1) is 15.3 Å². The Hall–Kier alpha value is -2.50. The summed E-state index contributed by atoms with van der Waals surface area (Å²) >= 11 is 0. The van der Waals surface area contributed by atoms with E-state index >= 15 is 0 Å². The van der Waals surface area contributed by atoms with Gasteiger partial charge < -0.3 is 5.32 Å². The number of pyridine rings is 1. The molecule has 0 aliphatic rings. The summed E-state index contributed by atoms with van der Waals surface area (Å²) in [6.07, 6.45) is 4.58. The molecular formula is C17H22N6. The molecule has 0 fully saturated rings. The Kier molecular flexibility index (Phi) is 3.98. The molecule has 0 spiro atoms. The van der Waals surface area contributed by atoms with Crippen LogP contribution in [-0.4, -0.2) is 24.8 Å². The second kappa shape index (κ2) is 5.95. The highest BCUT2D eigenvalue weighted by Gasteiger charge is 2.22. The molecule has 6 heteroatoms. The molecule has 0 amide bonds. The standard InChI is InChI=1S/C17H22N6/c1-5-13(12-8-10-18-11-9-12)19-14-6-7-15-20-21-16(17(2,3)4)23(15)22-14/h6-11,13H,5H2,1-4H3,(H,19,22). The van der Waals surface area contributed by atoms with E-state index in [1.54, 1.807) is 0 Å². The molecule has 1 atom stereocenters. The molecular weight excluding hydrogens is 288 g/mol. The third kappa shape index (κ3) is 3.16. The molecule has 0 bridgehead atoms. The molecule has 1 N–H and O–H groups in total. The maximum atomic E-state index is 4.68. The van der Waals surface area contributed by atoms with E-state index in [2.05, 4.69) is 53.3 Å². The highest BCUT2D eigenvalue weighted by atomic mass is 15.4. The third-order valence-electron chi connectivity index (χ3n) is 3.77. The van der Waals surface area contributed by atoms with Crippen LogP contribution in [0.2, 0.25) is 0 Å². The second-order valence-electron chi connectivity index (χ2n) is 6.65. The largest absolute Gasteiger partial charge is 0.362 e. The van der Waals surface area contributed by atoms with Crippen LogP contribution >= 0.6 is 0 Å². The Morgan fingerprint density at radius 1 is 1.09 bits per heavy atom. The SMILES string of the molecule is CCC(Nc1ccc2nnc(C(C)(C)C)n2n1)c1ccncc1. The van der Waals surface area contributed by atoms with Crippen molar-refractivity contribution in [2.45, 2.75) is 45.6 Å². The van der Waals surface area contributed by atoms with Crippen molar-refractivity contribution in [2.75, 3.05) is 5.32 Å². The molecule has 3 heterocycles. The maximum absolute atomic E-state index is 4.68. The van der Waals surface area contributed by atoms with Gasteiger partial charge in [0.25, 0.3) is 0 Å². The molecule has 23 heavy (non-hydrogen) atoms. The lowest BCUT2D eigenvalue weighted by Gasteiger charge is -2.19. The van der Waals surface area contributed by atoms with Crippen LogP contribution in [0.25, 0.3) is 5.65 Å². The lowest BCUT2D eigenvalue weighted by molar-refractivity contribution is 0.526. The number of nitrogens with zero attached hydrogens (tertiary/aromatic N) is 5. The minimum Gasteiger partial charge on any atom is -0.362 e. The van der Waals surface area contributed by atoms with Crippen LogP contribution in [-0.2, 0) is 5.41 Å². The van der Waals surface area contributed by atoms with Crippen molar-refractivity contribution >= 4 is 11.5 Å². The zero-order chi connectivity index (χ0) is 16.4. The van der Waals surface area contributed by atoms with E-state index in [1.807, 2.05) is 41.2 Å². The highest BCUT2D eigenvalue weighted by molar-refractivity contribution is 5.45. The molecule has 120 valence electrons. The summed E-state index contributed by atoms with van der Waals surface area (Å²) in [5.41, 5.74) is 1.85. The van der Waals surface area contributed by atoms with Crippen LogP contribution in [0, 0.1) is 0 Å². The summed E-state index contributed by atoms with van der Waals surface area (Å²) in [5, 5.41) is 16.6. The highest BCUT2D eigenvalue weighted by Crippen LogP contribution is 2.23. The van der Waals surface area contributed by atoms with E-state index < -0.39 is 0 Å². The topological polar surface area (TPSA) is 68.0 Å². The molecule has 3 aromatic heterocycles. The van der Waals surface area contributed by atoms with Gasteiger partial charge in [0.05, 0.1) is 6.04 Å². The molecule has 0 aliphatic carbocycles. The fraction of sp³-hybridized carbons (Fsp3) is 0.412. The van der Waals surface area contributed by atoms with E-state index in [-0.39, 0.29) is 11.5 Å². The monoisotopic (exact) mass is 310 g/mol. The number of aromatic nitrogens is 5. The lowest BCUT2D eigenvalue weighted by Crippen LogP contribution is -2.18. The van der Waals surface area contributed by atoms with Gasteiger partial charge >= 0.3 is 0 Å². The van der Waals surface area contributed by atoms with Crippen molar-refractivity contribution in [2.24, 2.45) is 0 Å². The maximum Gasteiger partial charge on any atom is 0.178 e. The van der Waals surface area contributed by atoms with E-state index in [1.165, 1.54) is 5.56 Å². The normalized spacial score (nSPS) is 13.2. The Balaban J connectivity index is 1.94. The molecule has 3 aromatic rings. The Bertz CT molecular complexity index is 788. The van der Waals surface area contributed by atoms with Crippen molar-refractivity contribution in [3.63, 3.8) is 0 Å². The summed E-state index contributed by atoms with van der Waals surface area (Å²) in [6.45, 7) is 8.47. The average molecular weight is 310 g/mol. The van der Waals surface area contributed by atoms with Crippen LogP contribution < -0.4 is 5.32 Å². The predicted molar refractivity (Wildman–Crippen MR) is 90.4 cm³/mol. The zero-order valence-corrected chi connectivity index (χ0v) is 14.0. The van der Waals surface area contributed by atoms with Crippen molar-refractivity contribution in [3.05, 3.63) is 48.0 Å². The van der Waals surface area contributed by atoms with Gasteiger partial charge in [0.1, 0.15) is 5.82 Å².